The van der Waals surface area contributed by atoms with Crippen molar-refractivity contribution in [1.82, 2.24) is 4.98 Å². The Morgan fingerprint density at radius 2 is 2.13 bits per heavy atom. The molecule has 0 bridgehead atoms. The molecule has 4 heteroatoms. The van der Waals surface area contributed by atoms with Gasteiger partial charge < -0.3 is 4.74 Å². The van der Waals surface area contributed by atoms with E-state index in [0.29, 0.717) is 5.56 Å². The number of carbonyl (C=O) groups excluding carboxylic acids is 1. The molecule has 0 aliphatic rings. The summed E-state index contributed by atoms with van der Waals surface area (Å²) in [6.07, 6.45) is 2.58. The Bertz CT molecular complexity index is 358. The second kappa shape index (κ2) is 4.38. The maximum Gasteiger partial charge on any atom is 0.311 e. The molecule has 15 heavy (non-hydrogen) atoms. The van der Waals surface area contributed by atoms with Crippen LogP contribution in [0.4, 0.5) is 4.39 Å². The summed E-state index contributed by atoms with van der Waals surface area (Å²) in [5, 5.41) is 0. The molecule has 0 saturated carbocycles. The van der Waals surface area contributed by atoms with Crippen LogP contribution in [0.25, 0.3) is 0 Å². The van der Waals surface area contributed by atoms with Crippen molar-refractivity contribution in [2.45, 2.75) is 27.4 Å². The quantitative estimate of drug-likeness (QED) is 0.704. The van der Waals surface area contributed by atoms with Gasteiger partial charge in [0.25, 0.3) is 0 Å². The number of carbonyl (C=O) groups is 1. The second-order valence-electron chi connectivity index (χ2n) is 4.34. The molecule has 1 aromatic rings. The van der Waals surface area contributed by atoms with E-state index in [2.05, 4.69) is 4.98 Å². The molecule has 0 aliphatic heterocycles. The van der Waals surface area contributed by atoms with Crippen LogP contribution in [0.1, 0.15) is 26.3 Å². The third-order valence-corrected chi connectivity index (χ3v) is 1.74. The number of aromatic nitrogens is 1. The lowest BCUT2D eigenvalue weighted by atomic mass is 9.97. The summed E-state index contributed by atoms with van der Waals surface area (Å²) >= 11 is 0. The van der Waals surface area contributed by atoms with Gasteiger partial charge in [-0.3, -0.25) is 9.78 Å². The van der Waals surface area contributed by atoms with Crippen LogP contribution in [0.5, 0.6) is 0 Å². The number of ether oxygens (including phenoxy) is 1. The number of nitrogens with zero attached hydrogens (tertiary/aromatic N) is 1. The first-order valence-electron chi connectivity index (χ1n) is 4.66. The number of pyridine rings is 1. The van der Waals surface area contributed by atoms with Gasteiger partial charge in [-0.2, -0.15) is 0 Å². The van der Waals surface area contributed by atoms with Gasteiger partial charge in [0.1, 0.15) is 12.4 Å². The van der Waals surface area contributed by atoms with Gasteiger partial charge in [-0.15, -0.1) is 0 Å². The average molecular weight is 211 g/mol. The van der Waals surface area contributed by atoms with E-state index in [1.165, 1.54) is 12.3 Å². The van der Waals surface area contributed by atoms with E-state index >= 15 is 0 Å². The van der Waals surface area contributed by atoms with E-state index in [4.69, 9.17) is 4.74 Å². The molecule has 1 heterocycles. The normalized spacial score (nSPS) is 11.2. The number of esters is 1. The molecule has 82 valence electrons. The maximum atomic E-state index is 12.7. The maximum absolute atomic E-state index is 12.7. The highest BCUT2D eigenvalue weighted by Crippen LogP contribution is 2.16. The van der Waals surface area contributed by atoms with Gasteiger partial charge in [0.05, 0.1) is 11.6 Å². The number of hydrogen-bond acceptors (Lipinski definition) is 3. The monoisotopic (exact) mass is 211 g/mol. The molecule has 0 aliphatic carbocycles. The zero-order valence-corrected chi connectivity index (χ0v) is 9.08. The Morgan fingerprint density at radius 3 is 2.67 bits per heavy atom. The first-order valence-corrected chi connectivity index (χ1v) is 4.66. The van der Waals surface area contributed by atoms with E-state index in [9.17, 15) is 9.18 Å². The van der Waals surface area contributed by atoms with Crippen molar-refractivity contribution in [2.24, 2.45) is 5.41 Å². The number of hydrogen-bond donors (Lipinski definition) is 0. The minimum atomic E-state index is -0.541. The highest BCUT2D eigenvalue weighted by atomic mass is 19.1. The smallest absolute Gasteiger partial charge is 0.311 e. The first-order chi connectivity index (χ1) is 6.89. The third kappa shape index (κ3) is 3.65. The molecule has 0 amide bonds. The van der Waals surface area contributed by atoms with Gasteiger partial charge >= 0.3 is 5.97 Å². The van der Waals surface area contributed by atoms with E-state index in [1.54, 1.807) is 20.8 Å². The Balaban J connectivity index is 2.55. The molecule has 0 atom stereocenters. The fourth-order valence-electron chi connectivity index (χ4n) is 0.900. The molecule has 0 spiro atoms. The Hall–Kier alpha value is -1.45. The minimum absolute atomic E-state index is 0.0564. The minimum Gasteiger partial charge on any atom is -0.460 e. The lowest BCUT2D eigenvalue weighted by molar-refractivity contribution is -0.154. The molecule has 0 fully saturated rings. The predicted molar refractivity (Wildman–Crippen MR) is 53.4 cm³/mol. The summed E-state index contributed by atoms with van der Waals surface area (Å²) in [5.74, 6) is -0.744. The summed E-state index contributed by atoms with van der Waals surface area (Å²) < 4.78 is 17.7. The van der Waals surface area contributed by atoms with Crippen molar-refractivity contribution in [1.29, 1.82) is 0 Å². The zero-order chi connectivity index (χ0) is 11.5. The third-order valence-electron chi connectivity index (χ3n) is 1.74. The van der Waals surface area contributed by atoms with Crippen molar-refractivity contribution in [3.63, 3.8) is 0 Å². The van der Waals surface area contributed by atoms with E-state index < -0.39 is 11.2 Å². The second-order valence-corrected chi connectivity index (χ2v) is 4.34. The largest absolute Gasteiger partial charge is 0.460 e. The Labute approximate surface area is 88.3 Å². The van der Waals surface area contributed by atoms with Crippen molar-refractivity contribution in [3.05, 3.63) is 29.8 Å². The van der Waals surface area contributed by atoms with Gasteiger partial charge in [-0.05, 0) is 26.8 Å². The van der Waals surface area contributed by atoms with E-state index in [-0.39, 0.29) is 12.6 Å². The number of rotatable bonds is 2. The van der Waals surface area contributed by atoms with Crippen LogP contribution in [-0.4, -0.2) is 11.0 Å². The highest BCUT2D eigenvalue weighted by Gasteiger charge is 2.22. The van der Waals surface area contributed by atoms with Gasteiger partial charge in [-0.1, -0.05) is 0 Å². The van der Waals surface area contributed by atoms with E-state index in [1.807, 2.05) is 0 Å². The molecule has 0 saturated heterocycles. The van der Waals surface area contributed by atoms with Crippen molar-refractivity contribution in [3.8, 4) is 0 Å². The molecule has 1 aromatic heterocycles. The van der Waals surface area contributed by atoms with Crippen molar-refractivity contribution >= 4 is 5.97 Å². The van der Waals surface area contributed by atoms with Crippen LogP contribution in [0.3, 0.4) is 0 Å². The molecular formula is C11H14FNO2. The zero-order valence-electron chi connectivity index (χ0n) is 9.08. The van der Waals surface area contributed by atoms with Crippen LogP contribution in [0.2, 0.25) is 0 Å². The first kappa shape index (κ1) is 11.6. The predicted octanol–water partition coefficient (Wildman–Crippen LogP) is 2.31. The van der Waals surface area contributed by atoms with Crippen LogP contribution in [0.15, 0.2) is 18.5 Å². The summed E-state index contributed by atoms with van der Waals surface area (Å²) in [4.78, 5) is 15.0. The van der Waals surface area contributed by atoms with Crippen LogP contribution in [0, 0.1) is 11.2 Å². The number of halogens is 1. The Kier molecular flexibility index (Phi) is 3.39. The van der Waals surface area contributed by atoms with Crippen LogP contribution in [-0.2, 0) is 16.1 Å². The van der Waals surface area contributed by atoms with Gasteiger partial charge in [0, 0.05) is 11.8 Å². The lowest BCUT2D eigenvalue weighted by Crippen LogP contribution is -2.22. The SMILES string of the molecule is CC(C)(C)C(=O)OCc1cncc(F)c1. The molecule has 0 unspecified atom stereocenters. The summed E-state index contributed by atoms with van der Waals surface area (Å²) in [7, 11) is 0. The Morgan fingerprint density at radius 1 is 1.47 bits per heavy atom. The lowest BCUT2D eigenvalue weighted by Gasteiger charge is -2.16. The molecule has 0 aromatic carbocycles. The average Bonchev–Trinajstić information content (AvgIpc) is 2.12. The van der Waals surface area contributed by atoms with E-state index in [0.717, 1.165) is 6.20 Å². The molecule has 0 radical (unpaired) electrons. The summed E-state index contributed by atoms with van der Waals surface area (Å²) in [6, 6.07) is 1.29. The fourth-order valence-corrected chi connectivity index (χ4v) is 0.900. The standard InChI is InChI=1S/C11H14FNO2/c1-11(2,3)10(14)15-7-8-4-9(12)6-13-5-8/h4-6H,7H2,1-3H3. The molecular weight excluding hydrogens is 197 g/mol. The highest BCUT2D eigenvalue weighted by molar-refractivity contribution is 5.75. The molecule has 3 nitrogen and oxygen atoms in total. The van der Waals surface area contributed by atoms with Crippen molar-refractivity contribution in [2.75, 3.05) is 0 Å². The fraction of sp³-hybridized carbons (Fsp3) is 0.455. The van der Waals surface area contributed by atoms with Gasteiger partial charge in [-0.25, -0.2) is 4.39 Å². The van der Waals surface area contributed by atoms with Crippen molar-refractivity contribution < 1.29 is 13.9 Å². The molecule has 1 rings (SSSR count). The molecule has 0 N–H and O–H groups in total. The van der Waals surface area contributed by atoms with Gasteiger partial charge in [0.15, 0.2) is 0 Å². The van der Waals surface area contributed by atoms with Gasteiger partial charge in [0.2, 0.25) is 0 Å². The summed E-state index contributed by atoms with van der Waals surface area (Å²) in [5.41, 5.74) is 0.00778. The van der Waals surface area contributed by atoms with Crippen LogP contribution >= 0.6 is 0 Å². The topological polar surface area (TPSA) is 39.2 Å². The summed E-state index contributed by atoms with van der Waals surface area (Å²) in [6.45, 7) is 5.35. The van der Waals surface area contributed by atoms with Crippen LogP contribution < -0.4 is 0 Å².